The van der Waals surface area contributed by atoms with Crippen molar-refractivity contribution in [1.29, 1.82) is 0 Å². The van der Waals surface area contributed by atoms with E-state index in [1.165, 1.54) is 21.6 Å². The normalized spacial score (nSPS) is 21.2. The zero-order chi connectivity index (χ0) is 20.0. The third-order valence-corrected chi connectivity index (χ3v) is 7.52. The number of rotatable bonds is 3. The summed E-state index contributed by atoms with van der Waals surface area (Å²) >= 11 is 1.68. The number of methoxy groups -OCH3 is 2. The maximum absolute atomic E-state index is 13.0. The van der Waals surface area contributed by atoms with Crippen LogP contribution in [0.5, 0.6) is 11.5 Å². The summed E-state index contributed by atoms with van der Waals surface area (Å²) in [4.78, 5) is 19.6. The minimum Gasteiger partial charge on any atom is -0.496 e. The number of ether oxygens (including phenoxy) is 3. The van der Waals surface area contributed by atoms with Gasteiger partial charge in [-0.25, -0.2) is 0 Å². The fraction of sp³-hybridized carbons (Fsp3) is 0.500. The van der Waals surface area contributed by atoms with Gasteiger partial charge in [0, 0.05) is 48.2 Å². The Morgan fingerprint density at radius 1 is 1.10 bits per heavy atom. The third kappa shape index (κ3) is 3.21. The topological polar surface area (TPSA) is 51.2 Å². The highest BCUT2D eigenvalue weighted by molar-refractivity contribution is 7.14. The fourth-order valence-corrected chi connectivity index (χ4v) is 5.97. The predicted octanol–water partition coefficient (Wildman–Crippen LogP) is 2.89. The third-order valence-electron chi connectivity index (χ3n) is 6.32. The molecule has 1 aromatic carbocycles. The summed E-state index contributed by atoms with van der Waals surface area (Å²) in [5.74, 6) is 2.00. The van der Waals surface area contributed by atoms with Crippen LogP contribution in [-0.2, 0) is 24.1 Å². The van der Waals surface area contributed by atoms with E-state index >= 15 is 0 Å². The van der Waals surface area contributed by atoms with Crippen molar-refractivity contribution in [3.05, 3.63) is 44.6 Å². The molecule has 1 saturated heterocycles. The minimum absolute atomic E-state index is 0.148. The molecule has 2 aromatic rings. The Kier molecular flexibility index (Phi) is 4.97. The molecule has 4 heterocycles. The molecule has 5 rings (SSSR count). The van der Waals surface area contributed by atoms with E-state index in [1.54, 1.807) is 25.6 Å². The average Bonchev–Trinajstić information content (AvgIpc) is 3.22. The Hall–Kier alpha value is -2.09. The molecule has 6 nitrogen and oxygen atoms in total. The molecule has 0 bridgehead atoms. The van der Waals surface area contributed by atoms with Crippen LogP contribution in [-0.4, -0.2) is 62.8 Å². The maximum atomic E-state index is 13.0. The SMILES string of the molecule is COc1ccc(OC)c2c1CC1c3cc(C(=O)N4CCOCC4)sc3CCN1C2. The standard InChI is InChI=1S/C22H26N2O4S/c1-26-18-3-4-19(27-2)16-13-24-6-5-20-15(17(24)11-14(16)18)12-21(29-20)22(25)23-7-9-28-10-8-23/h3-4,12,17H,5-11,13H2,1-2H3. The van der Waals surface area contributed by atoms with Gasteiger partial charge in [0.2, 0.25) is 0 Å². The largest absolute Gasteiger partial charge is 0.496 e. The highest BCUT2D eigenvalue weighted by atomic mass is 32.1. The van der Waals surface area contributed by atoms with Crippen LogP contribution >= 0.6 is 11.3 Å². The highest BCUT2D eigenvalue weighted by Crippen LogP contribution is 2.45. The van der Waals surface area contributed by atoms with Crippen LogP contribution in [0.4, 0.5) is 0 Å². The van der Waals surface area contributed by atoms with Gasteiger partial charge in [-0.1, -0.05) is 0 Å². The molecular formula is C22H26N2O4S. The second-order valence-electron chi connectivity index (χ2n) is 7.76. The number of thiophene rings is 1. The van der Waals surface area contributed by atoms with Crippen molar-refractivity contribution in [1.82, 2.24) is 9.80 Å². The predicted molar refractivity (Wildman–Crippen MR) is 111 cm³/mol. The first-order valence-electron chi connectivity index (χ1n) is 10.2. The first-order valence-corrected chi connectivity index (χ1v) is 11.0. The number of nitrogens with zero attached hydrogens (tertiary/aromatic N) is 2. The second-order valence-corrected chi connectivity index (χ2v) is 8.90. The van der Waals surface area contributed by atoms with Crippen LogP contribution in [0.15, 0.2) is 18.2 Å². The van der Waals surface area contributed by atoms with E-state index in [-0.39, 0.29) is 11.9 Å². The van der Waals surface area contributed by atoms with E-state index in [2.05, 4.69) is 11.0 Å². The number of hydrogen-bond donors (Lipinski definition) is 0. The van der Waals surface area contributed by atoms with Crippen LogP contribution in [0.1, 0.15) is 37.3 Å². The summed E-state index contributed by atoms with van der Waals surface area (Å²) < 4.78 is 16.7. The molecule has 0 saturated carbocycles. The summed E-state index contributed by atoms with van der Waals surface area (Å²) in [6, 6.07) is 6.43. The van der Waals surface area contributed by atoms with Crippen LogP contribution in [0.2, 0.25) is 0 Å². The molecule has 1 atom stereocenters. The number of benzene rings is 1. The number of hydrogen-bond acceptors (Lipinski definition) is 6. The molecule has 1 aromatic heterocycles. The van der Waals surface area contributed by atoms with Gasteiger partial charge < -0.3 is 19.1 Å². The lowest BCUT2D eigenvalue weighted by molar-refractivity contribution is 0.0306. The number of carbonyl (C=O) groups excluding carboxylic acids is 1. The van der Waals surface area contributed by atoms with Crippen LogP contribution < -0.4 is 9.47 Å². The molecule has 154 valence electrons. The van der Waals surface area contributed by atoms with E-state index < -0.39 is 0 Å². The maximum Gasteiger partial charge on any atom is 0.264 e. The molecule has 1 amide bonds. The van der Waals surface area contributed by atoms with Gasteiger partial charge in [0.25, 0.3) is 5.91 Å². The highest BCUT2D eigenvalue weighted by Gasteiger charge is 2.36. The van der Waals surface area contributed by atoms with Crippen molar-refractivity contribution < 1.29 is 19.0 Å². The van der Waals surface area contributed by atoms with Gasteiger partial charge in [-0.3, -0.25) is 9.69 Å². The first kappa shape index (κ1) is 18.9. The van der Waals surface area contributed by atoms with Gasteiger partial charge in [0.05, 0.1) is 32.3 Å². The Bertz CT molecular complexity index is 935. The van der Waals surface area contributed by atoms with Crippen molar-refractivity contribution in [3.63, 3.8) is 0 Å². The van der Waals surface area contributed by atoms with Crippen molar-refractivity contribution in [2.45, 2.75) is 25.4 Å². The summed E-state index contributed by atoms with van der Waals surface area (Å²) in [5, 5.41) is 0. The summed E-state index contributed by atoms with van der Waals surface area (Å²) in [6.07, 6.45) is 1.87. The number of morpholine rings is 1. The van der Waals surface area contributed by atoms with Gasteiger partial charge >= 0.3 is 0 Å². The van der Waals surface area contributed by atoms with Crippen molar-refractivity contribution >= 4 is 17.2 Å². The molecule has 29 heavy (non-hydrogen) atoms. The summed E-state index contributed by atoms with van der Waals surface area (Å²) in [6.45, 7) is 4.48. The Morgan fingerprint density at radius 3 is 2.55 bits per heavy atom. The van der Waals surface area contributed by atoms with E-state index in [4.69, 9.17) is 14.2 Å². The molecule has 0 aliphatic carbocycles. The lowest BCUT2D eigenvalue weighted by atomic mass is 9.86. The van der Waals surface area contributed by atoms with Gasteiger partial charge in [0.15, 0.2) is 0 Å². The molecule has 1 fully saturated rings. The van der Waals surface area contributed by atoms with Gasteiger partial charge in [0.1, 0.15) is 11.5 Å². The Morgan fingerprint density at radius 2 is 1.83 bits per heavy atom. The number of carbonyl (C=O) groups is 1. The van der Waals surface area contributed by atoms with Crippen molar-refractivity contribution in [2.24, 2.45) is 0 Å². The zero-order valence-corrected chi connectivity index (χ0v) is 17.7. The van der Waals surface area contributed by atoms with E-state index in [1.807, 2.05) is 17.0 Å². The average molecular weight is 415 g/mol. The number of amides is 1. The molecule has 0 N–H and O–H groups in total. The molecule has 7 heteroatoms. The smallest absolute Gasteiger partial charge is 0.264 e. The van der Waals surface area contributed by atoms with Crippen LogP contribution in [0.3, 0.4) is 0 Å². The van der Waals surface area contributed by atoms with Crippen LogP contribution in [0, 0.1) is 0 Å². The number of fused-ring (bicyclic) bond motifs is 4. The summed E-state index contributed by atoms with van der Waals surface area (Å²) in [5.41, 5.74) is 3.77. The molecule has 3 aliphatic rings. The molecule has 1 unspecified atom stereocenters. The van der Waals surface area contributed by atoms with Crippen LogP contribution in [0.25, 0.3) is 0 Å². The van der Waals surface area contributed by atoms with E-state index in [0.29, 0.717) is 26.3 Å². The van der Waals surface area contributed by atoms with E-state index in [0.717, 1.165) is 42.3 Å². The Balaban J connectivity index is 1.47. The first-order chi connectivity index (χ1) is 14.2. The lowest BCUT2D eigenvalue weighted by Gasteiger charge is -2.41. The zero-order valence-electron chi connectivity index (χ0n) is 16.9. The molecule has 0 spiro atoms. The minimum atomic E-state index is 0.148. The van der Waals surface area contributed by atoms with Crippen molar-refractivity contribution in [2.75, 3.05) is 47.1 Å². The second kappa shape index (κ2) is 7.63. The molecule has 3 aliphatic heterocycles. The fourth-order valence-electron chi connectivity index (χ4n) is 4.80. The van der Waals surface area contributed by atoms with Gasteiger partial charge in [-0.15, -0.1) is 11.3 Å². The molecule has 0 radical (unpaired) electrons. The summed E-state index contributed by atoms with van der Waals surface area (Å²) in [7, 11) is 3.45. The monoisotopic (exact) mass is 414 g/mol. The van der Waals surface area contributed by atoms with Gasteiger partial charge in [-0.2, -0.15) is 0 Å². The quantitative estimate of drug-likeness (QED) is 0.773. The molecular weight excluding hydrogens is 388 g/mol. The Labute approximate surface area is 175 Å². The van der Waals surface area contributed by atoms with Gasteiger partial charge in [-0.05, 0) is 36.6 Å². The van der Waals surface area contributed by atoms with E-state index in [9.17, 15) is 4.79 Å². The van der Waals surface area contributed by atoms with Crippen molar-refractivity contribution in [3.8, 4) is 11.5 Å². The lowest BCUT2D eigenvalue weighted by Crippen LogP contribution is -2.40.